The van der Waals surface area contributed by atoms with Crippen LogP contribution in [0.4, 0.5) is 8.78 Å². The monoisotopic (exact) mass is 594 g/mol. The van der Waals surface area contributed by atoms with Crippen molar-refractivity contribution in [2.24, 2.45) is 5.41 Å². The van der Waals surface area contributed by atoms with E-state index >= 15 is 4.39 Å². The fraction of sp³-hybridized carbons (Fsp3) is 0.514. The molecule has 0 unspecified atom stereocenters. The van der Waals surface area contributed by atoms with Gasteiger partial charge in [0.05, 0.1) is 33.0 Å². The van der Waals surface area contributed by atoms with E-state index in [1.807, 2.05) is 48.5 Å². The Labute approximate surface area is 256 Å². The molecule has 1 aliphatic rings. The summed E-state index contributed by atoms with van der Waals surface area (Å²) in [6, 6.07) is 18.4. The van der Waals surface area contributed by atoms with Crippen LogP contribution in [0.1, 0.15) is 78.1 Å². The Bertz CT molecular complexity index is 1240. The molecule has 0 radical (unpaired) electrons. The van der Waals surface area contributed by atoms with Crippen molar-refractivity contribution in [3.8, 4) is 33.8 Å². The first-order valence-electron chi connectivity index (χ1n) is 16.1. The van der Waals surface area contributed by atoms with Gasteiger partial charge in [0.15, 0.2) is 11.6 Å². The minimum Gasteiger partial charge on any atom is -0.494 e. The lowest BCUT2D eigenvalue weighted by Gasteiger charge is -2.37. The van der Waals surface area contributed by atoms with Gasteiger partial charge in [-0.2, -0.15) is 4.39 Å². The molecule has 0 saturated carbocycles. The van der Waals surface area contributed by atoms with E-state index in [4.69, 9.17) is 18.9 Å². The van der Waals surface area contributed by atoms with Gasteiger partial charge in [0.25, 0.3) is 0 Å². The van der Waals surface area contributed by atoms with E-state index in [9.17, 15) is 4.39 Å². The first-order valence-corrected chi connectivity index (χ1v) is 16.1. The molecule has 3 aromatic carbocycles. The van der Waals surface area contributed by atoms with E-state index in [1.54, 1.807) is 6.07 Å². The molecular weight excluding hydrogens is 546 g/mol. The van der Waals surface area contributed by atoms with Crippen LogP contribution < -0.4 is 9.47 Å². The Morgan fingerprint density at radius 1 is 0.651 bits per heavy atom. The number of ether oxygens (including phenoxy) is 4. The van der Waals surface area contributed by atoms with Gasteiger partial charge in [0, 0.05) is 17.6 Å². The van der Waals surface area contributed by atoms with Crippen LogP contribution in [0.3, 0.4) is 0 Å². The maximum atomic E-state index is 15.3. The predicted octanol–water partition coefficient (Wildman–Crippen LogP) is 10.0. The highest BCUT2D eigenvalue weighted by molar-refractivity contribution is 5.84. The van der Waals surface area contributed by atoms with Crippen LogP contribution >= 0.6 is 0 Å². The summed E-state index contributed by atoms with van der Waals surface area (Å²) in [5.41, 5.74) is 2.81. The van der Waals surface area contributed by atoms with Crippen LogP contribution in [0, 0.1) is 17.0 Å². The molecule has 0 N–H and O–H groups in total. The van der Waals surface area contributed by atoms with Crippen LogP contribution in [-0.2, 0) is 9.47 Å². The minimum atomic E-state index is -0.937. The quantitative estimate of drug-likeness (QED) is 0.122. The highest BCUT2D eigenvalue weighted by Crippen LogP contribution is 2.37. The Morgan fingerprint density at radius 2 is 1.28 bits per heavy atom. The summed E-state index contributed by atoms with van der Waals surface area (Å²) < 4.78 is 52.9. The zero-order chi connectivity index (χ0) is 30.3. The SMILES string of the molecule is CCCCCCCCOc1ccc(-c2ccccc2-c2ccc(OCCCCCCOCC3(C)COC3)cc2)c(F)c1F. The molecule has 3 aromatic rings. The smallest absolute Gasteiger partial charge is 0.201 e. The number of unbranched alkanes of at least 4 members (excludes halogenated alkanes) is 8. The molecule has 0 bridgehead atoms. The second kappa shape index (κ2) is 17.4. The molecule has 0 atom stereocenters. The third-order valence-electron chi connectivity index (χ3n) is 7.99. The van der Waals surface area contributed by atoms with E-state index in [1.165, 1.54) is 25.3 Å². The highest BCUT2D eigenvalue weighted by atomic mass is 19.2. The molecule has 6 heteroatoms. The average Bonchev–Trinajstić information content (AvgIpc) is 3.01. The maximum absolute atomic E-state index is 15.3. The molecule has 4 rings (SSSR count). The fourth-order valence-electron chi connectivity index (χ4n) is 5.32. The van der Waals surface area contributed by atoms with Crippen molar-refractivity contribution in [3.63, 3.8) is 0 Å². The summed E-state index contributed by atoms with van der Waals surface area (Å²) in [5.74, 6) is -1.06. The molecule has 0 aromatic heterocycles. The Morgan fingerprint density at radius 3 is 1.95 bits per heavy atom. The lowest BCUT2D eigenvalue weighted by molar-refractivity contribution is -0.137. The molecular formula is C37H48F2O4. The van der Waals surface area contributed by atoms with Crippen LogP contribution in [0.2, 0.25) is 0 Å². The van der Waals surface area contributed by atoms with Gasteiger partial charge in [-0.15, -0.1) is 0 Å². The van der Waals surface area contributed by atoms with Crippen LogP contribution in [0.15, 0.2) is 60.7 Å². The Balaban J connectivity index is 1.24. The molecule has 1 fully saturated rings. The third kappa shape index (κ3) is 10.0. The Kier molecular flexibility index (Phi) is 13.3. The molecule has 234 valence electrons. The molecule has 0 spiro atoms. The van der Waals surface area contributed by atoms with Gasteiger partial charge in [0.1, 0.15) is 5.75 Å². The van der Waals surface area contributed by atoms with Gasteiger partial charge < -0.3 is 18.9 Å². The summed E-state index contributed by atoms with van der Waals surface area (Å²) in [4.78, 5) is 0. The predicted molar refractivity (Wildman–Crippen MR) is 170 cm³/mol. The van der Waals surface area contributed by atoms with E-state index in [2.05, 4.69) is 13.8 Å². The maximum Gasteiger partial charge on any atom is 0.201 e. The van der Waals surface area contributed by atoms with E-state index in [-0.39, 0.29) is 16.7 Å². The van der Waals surface area contributed by atoms with Gasteiger partial charge >= 0.3 is 0 Å². The third-order valence-corrected chi connectivity index (χ3v) is 7.99. The topological polar surface area (TPSA) is 36.9 Å². The summed E-state index contributed by atoms with van der Waals surface area (Å²) in [5, 5.41) is 0. The zero-order valence-electron chi connectivity index (χ0n) is 26.0. The number of rotatable bonds is 20. The average molecular weight is 595 g/mol. The number of hydrogen-bond acceptors (Lipinski definition) is 4. The first kappa shape index (κ1) is 32.9. The fourth-order valence-corrected chi connectivity index (χ4v) is 5.32. The number of benzene rings is 3. The van der Waals surface area contributed by atoms with Crippen molar-refractivity contribution >= 4 is 0 Å². The highest BCUT2D eigenvalue weighted by Gasteiger charge is 2.33. The lowest BCUT2D eigenvalue weighted by Crippen LogP contribution is -2.43. The summed E-state index contributed by atoms with van der Waals surface area (Å²) in [6.07, 6.45) is 10.9. The molecule has 1 heterocycles. The van der Waals surface area contributed by atoms with Crippen LogP contribution in [-0.4, -0.2) is 39.6 Å². The molecule has 1 saturated heterocycles. The van der Waals surface area contributed by atoms with Crippen molar-refractivity contribution < 1.29 is 27.7 Å². The summed E-state index contributed by atoms with van der Waals surface area (Å²) in [6.45, 7) is 8.62. The van der Waals surface area contributed by atoms with E-state index in [0.717, 1.165) is 88.2 Å². The van der Waals surface area contributed by atoms with Gasteiger partial charge in [-0.25, -0.2) is 4.39 Å². The largest absolute Gasteiger partial charge is 0.494 e. The van der Waals surface area contributed by atoms with Crippen molar-refractivity contribution in [2.75, 3.05) is 39.6 Å². The number of halogens is 2. The van der Waals surface area contributed by atoms with Gasteiger partial charge in [-0.1, -0.05) is 88.8 Å². The summed E-state index contributed by atoms with van der Waals surface area (Å²) in [7, 11) is 0. The minimum absolute atomic E-state index is 0.0315. The van der Waals surface area contributed by atoms with Gasteiger partial charge in [-0.3, -0.25) is 0 Å². The zero-order valence-corrected chi connectivity index (χ0v) is 26.0. The van der Waals surface area contributed by atoms with E-state index in [0.29, 0.717) is 18.8 Å². The van der Waals surface area contributed by atoms with Crippen molar-refractivity contribution in [1.29, 1.82) is 0 Å². The second-order valence-corrected chi connectivity index (χ2v) is 12.0. The molecule has 43 heavy (non-hydrogen) atoms. The summed E-state index contributed by atoms with van der Waals surface area (Å²) >= 11 is 0. The molecule has 1 aliphatic heterocycles. The first-order chi connectivity index (χ1) is 21.0. The van der Waals surface area contributed by atoms with Crippen molar-refractivity contribution in [1.82, 2.24) is 0 Å². The Hall–Kier alpha value is -2.96. The molecule has 4 nitrogen and oxygen atoms in total. The molecule has 0 aliphatic carbocycles. The van der Waals surface area contributed by atoms with Gasteiger partial charge in [-0.05, 0) is 66.6 Å². The van der Waals surface area contributed by atoms with Gasteiger partial charge in [0.2, 0.25) is 5.82 Å². The van der Waals surface area contributed by atoms with Crippen LogP contribution in [0.5, 0.6) is 11.5 Å². The lowest BCUT2D eigenvalue weighted by atomic mass is 9.90. The van der Waals surface area contributed by atoms with Crippen molar-refractivity contribution in [2.45, 2.75) is 78.1 Å². The normalized spacial score (nSPS) is 14.0. The van der Waals surface area contributed by atoms with Crippen LogP contribution in [0.25, 0.3) is 22.3 Å². The standard InChI is InChI=1S/C37H48F2O4/c1-3-4-5-6-7-14-25-43-34-22-21-33(35(38)36(34)39)32-16-11-10-15-31(32)29-17-19-30(20-18-29)42-24-13-9-8-12-23-40-26-37(2)27-41-28-37/h10-11,15-22H,3-9,12-14,23-28H2,1-2H3. The van der Waals surface area contributed by atoms with Crippen molar-refractivity contribution in [3.05, 3.63) is 72.3 Å². The second-order valence-electron chi connectivity index (χ2n) is 12.0. The molecule has 0 amide bonds. The van der Waals surface area contributed by atoms with E-state index < -0.39 is 11.6 Å². The number of hydrogen-bond donors (Lipinski definition) is 0.